The van der Waals surface area contributed by atoms with Gasteiger partial charge >= 0.3 is 6.09 Å². The number of carbonyl (C=O) groups excluding carboxylic acids is 1. The van der Waals surface area contributed by atoms with Crippen LogP contribution in [0.5, 0.6) is 0 Å². The van der Waals surface area contributed by atoms with Crippen LogP contribution in [0.1, 0.15) is 12.8 Å². The van der Waals surface area contributed by atoms with Crippen LogP contribution in [0.2, 0.25) is 0 Å². The fourth-order valence-corrected chi connectivity index (χ4v) is 1.41. The van der Waals surface area contributed by atoms with Crippen LogP contribution in [0.25, 0.3) is 0 Å². The summed E-state index contributed by atoms with van der Waals surface area (Å²) < 4.78 is 4.54. The molecule has 0 saturated carbocycles. The van der Waals surface area contributed by atoms with E-state index in [1.54, 1.807) is 4.90 Å². The number of piperidine rings is 1. The normalized spacial score (nSPS) is 18.7. The van der Waals surface area contributed by atoms with Crippen LogP contribution in [-0.4, -0.2) is 53.1 Å². The Kier molecular flexibility index (Phi) is 4.08. The molecule has 0 aromatic rings. The summed E-state index contributed by atoms with van der Waals surface area (Å²) in [6.07, 6.45) is 0.457. The summed E-state index contributed by atoms with van der Waals surface area (Å²) in [6.45, 7) is 0.982. The van der Waals surface area contributed by atoms with Crippen molar-refractivity contribution < 1.29 is 24.8 Å². The minimum atomic E-state index is -0.367. The van der Waals surface area contributed by atoms with E-state index in [2.05, 4.69) is 9.57 Å². The third-order valence-corrected chi connectivity index (χ3v) is 2.12. The molecule has 0 aliphatic carbocycles. The number of hydrogen-bond donors (Lipinski definition) is 2. The Morgan fingerprint density at radius 1 is 1.43 bits per heavy atom. The highest BCUT2D eigenvalue weighted by atomic mass is 17.1. The number of amides is 1. The van der Waals surface area contributed by atoms with Crippen molar-refractivity contribution >= 4 is 6.09 Å². The maximum atomic E-state index is 11.0. The van der Waals surface area contributed by atoms with E-state index >= 15 is 0 Å². The summed E-state index contributed by atoms with van der Waals surface area (Å²) in [5.74, 6) is 0. The maximum absolute atomic E-state index is 11.0. The molecule has 1 aliphatic rings. The van der Waals surface area contributed by atoms with Gasteiger partial charge in [-0.05, 0) is 12.8 Å². The number of nitrogens with zero attached hydrogens (tertiary/aromatic N) is 2. The van der Waals surface area contributed by atoms with E-state index in [0.717, 1.165) is 0 Å². The van der Waals surface area contributed by atoms with Gasteiger partial charge < -0.3 is 9.64 Å². The highest BCUT2D eigenvalue weighted by Crippen LogP contribution is 2.14. The summed E-state index contributed by atoms with van der Waals surface area (Å²) in [5.41, 5.74) is 0. The summed E-state index contributed by atoms with van der Waals surface area (Å²) in [4.78, 5) is 17.2. The topological polar surface area (TPSA) is 82.5 Å². The second-order valence-electron chi connectivity index (χ2n) is 3.01. The van der Waals surface area contributed by atoms with E-state index in [1.165, 1.54) is 7.11 Å². The largest absolute Gasteiger partial charge is 0.453 e. The van der Waals surface area contributed by atoms with E-state index in [1.807, 2.05) is 0 Å². The quantitative estimate of drug-likeness (QED) is 0.629. The molecule has 1 heterocycles. The lowest BCUT2D eigenvalue weighted by atomic mass is 10.1. The molecule has 0 radical (unpaired) electrons. The Morgan fingerprint density at radius 3 is 2.43 bits per heavy atom. The van der Waals surface area contributed by atoms with Crippen LogP contribution in [0.3, 0.4) is 0 Å². The van der Waals surface area contributed by atoms with Gasteiger partial charge in [0.25, 0.3) is 0 Å². The molecule has 0 atom stereocenters. The number of methoxy groups -OCH3 is 1. The van der Waals surface area contributed by atoms with Gasteiger partial charge in [-0.3, -0.25) is 10.4 Å². The summed E-state index contributed by atoms with van der Waals surface area (Å²) in [5, 5.41) is 16.5. The van der Waals surface area contributed by atoms with Gasteiger partial charge in [0, 0.05) is 13.1 Å². The molecular weight excluding hydrogens is 192 g/mol. The van der Waals surface area contributed by atoms with E-state index in [0.29, 0.717) is 25.9 Å². The van der Waals surface area contributed by atoms with Crippen molar-refractivity contribution in [3.63, 3.8) is 0 Å². The number of ether oxygens (including phenoxy) is 1. The fourth-order valence-electron chi connectivity index (χ4n) is 1.41. The van der Waals surface area contributed by atoms with Gasteiger partial charge in [-0.2, -0.15) is 0 Å². The Labute approximate surface area is 81.3 Å². The average Bonchev–Trinajstić information content (AvgIpc) is 2.17. The number of likely N-dealkylation sites (tertiary alicyclic amines) is 1. The van der Waals surface area contributed by atoms with Gasteiger partial charge in [0.05, 0.1) is 18.6 Å². The van der Waals surface area contributed by atoms with Crippen LogP contribution < -0.4 is 0 Å². The van der Waals surface area contributed by atoms with Crippen molar-refractivity contribution in [1.82, 2.24) is 10.3 Å². The molecule has 0 unspecified atom stereocenters. The molecule has 1 saturated heterocycles. The number of rotatable bonds is 2. The first-order chi connectivity index (χ1) is 6.63. The summed E-state index contributed by atoms with van der Waals surface area (Å²) >= 11 is 0. The van der Waals surface area contributed by atoms with Crippen molar-refractivity contribution in [3.8, 4) is 0 Å². The van der Waals surface area contributed by atoms with Crippen molar-refractivity contribution in [3.05, 3.63) is 0 Å². The van der Waals surface area contributed by atoms with Crippen LogP contribution in [0.15, 0.2) is 0 Å². The zero-order chi connectivity index (χ0) is 10.6. The molecule has 7 heteroatoms. The zero-order valence-corrected chi connectivity index (χ0v) is 7.92. The first-order valence-corrected chi connectivity index (χ1v) is 4.31. The monoisotopic (exact) mass is 206 g/mol. The van der Waals surface area contributed by atoms with Gasteiger partial charge in [0.1, 0.15) is 0 Å². The molecule has 0 aromatic heterocycles. The Morgan fingerprint density at radius 2 is 2.00 bits per heavy atom. The second kappa shape index (κ2) is 5.11. The molecule has 1 amide bonds. The Balaban J connectivity index is 2.27. The van der Waals surface area contributed by atoms with Gasteiger partial charge in [0.2, 0.25) is 0 Å². The predicted octanol–water partition coefficient (Wildman–Crippen LogP) is 0.229. The predicted molar refractivity (Wildman–Crippen MR) is 43.5 cm³/mol. The highest BCUT2D eigenvalue weighted by Gasteiger charge is 2.24. The lowest BCUT2D eigenvalue weighted by molar-refractivity contribution is -0.506. The van der Waals surface area contributed by atoms with Crippen LogP contribution in [-0.2, 0) is 9.57 Å². The van der Waals surface area contributed by atoms with Gasteiger partial charge in [0.15, 0.2) is 0 Å². The molecule has 82 valence electrons. The molecule has 2 N–H and O–H groups in total. The molecule has 1 fully saturated rings. The second-order valence-corrected chi connectivity index (χ2v) is 3.01. The molecule has 0 bridgehead atoms. The van der Waals surface area contributed by atoms with Crippen LogP contribution in [0, 0.1) is 0 Å². The average molecular weight is 206 g/mol. The molecule has 7 nitrogen and oxygen atoms in total. The third kappa shape index (κ3) is 3.11. The maximum Gasteiger partial charge on any atom is 0.409 e. The molecule has 0 spiro atoms. The van der Waals surface area contributed by atoms with Gasteiger partial charge in [-0.15, -0.1) is 0 Å². The Hall–Kier alpha value is -0.890. The number of hydrogen-bond acceptors (Lipinski definition) is 6. The van der Waals surface area contributed by atoms with E-state index in [9.17, 15) is 4.79 Å². The molecule has 14 heavy (non-hydrogen) atoms. The van der Waals surface area contributed by atoms with Crippen molar-refractivity contribution in [2.45, 2.75) is 18.9 Å². The lowest BCUT2D eigenvalue weighted by Gasteiger charge is -2.30. The van der Waals surface area contributed by atoms with Gasteiger partial charge in [-0.25, -0.2) is 9.63 Å². The lowest BCUT2D eigenvalue weighted by Crippen LogP contribution is -2.42. The van der Waals surface area contributed by atoms with Crippen molar-refractivity contribution in [2.24, 2.45) is 0 Å². The first kappa shape index (κ1) is 11.2. The first-order valence-electron chi connectivity index (χ1n) is 4.31. The van der Waals surface area contributed by atoms with Crippen molar-refractivity contribution in [2.75, 3.05) is 20.2 Å². The highest BCUT2D eigenvalue weighted by molar-refractivity contribution is 5.67. The molecule has 0 aromatic carbocycles. The van der Waals surface area contributed by atoms with E-state index in [4.69, 9.17) is 10.4 Å². The molecule has 1 aliphatic heterocycles. The van der Waals surface area contributed by atoms with E-state index in [-0.39, 0.29) is 17.6 Å². The smallest absolute Gasteiger partial charge is 0.409 e. The van der Waals surface area contributed by atoms with Crippen molar-refractivity contribution in [1.29, 1.82) is 0 Å². The fraction of sp³-hybridized carbons (Fsp3) is 0.857. The molecule has 1 rings (SSSR count). The zero-order valence-electron chi connectivity index (χ0n) is 7.92. The summed E-state index contributed by atoms with van der Waals surface area (Å²) in [6, 6.07) is 0. The van der Waals surface area contributed by atoms with E-state index < -0.39 is 0 Å². The number of carbonyl (C=O) groups is 1. The minimum absolute atomic E-state index is 0.272. The minimum Gasteiger partial charge on any atom is -0.453 e. The molecular formula is C7H14N2O5. The SMILES string of the molecule is COC(=O)N1CCC(ON(O)O)CC1. The standard InChI is InChI=1S/C7H14N2O5/c1-13-7(10)8-4-2-6(3-5-8)14-9(11)12/h6,11-12H,2-5H2,1H3. The van der Waals surface area contributed by atoms with Gasteiger partial charge in [-0.1, -0.05) is 0 Å². The van der Waals surface area contributed by atoms with Crippen LogP contribution >= 0.6 is 0 Å². The summed E-state index contributed by atoms with van der Waals surface area (Å²) in [7, 11) is 1.33. The Bertz CT molecular complexity index is 191. The van der Waals surface area contributed by atoms with Crippen LogP contribution in [0.4, 0.5) is 4.79 Å². The third-order valence-electron chi connectivity index (χ3n) is 2.12.